The Labute approximate surface area is 155 Å². The van der Waals surface area contributed by atoms with Crippen LogP contribution in [0.4, 0.5) is 5.69 Å². The van der Waals surface area contributed by atoms with Crippen LogP contribution in [0, 0.1) is 0 Å². The van der Waals surface area contributed by atoms with Gasteiger partial charge in [-0.25, -0.2) is 0 Å². The number of anilines is 1. The molecule has 1 saturated heterocycles. The molecular formula is C21H26N4O. The van der Waals surface area contributed by atoms with Gasteiger partial charge in [0.05, 0.1) is 12.2 Å². The van der Waals surface area contributed by atoms with Crippen LogP contribution in [0.2, 0.25) is 0 Å². The van der Waals surface area contributed by atoms with Crippen molar-refractivity contribution in [3.63, 3.8) is 0 Å². The van der Waals surface area contributed by atoms with E-state index in [0.29, 0.717) is 13.1 Å². The first-order valence-electron chi connectivity index (χ1n) is 9.07. The van der Waals surface area contributed by atoms with Crippen molar-refractivity contribution in [2.24, 2.45) is 0 Å². The number of piperazine rings is 1. The summed E-state index contributed by atoms with van der Waals surface area (Å²) < 4.78 is 0. The topological polar surface area (TPSA) is 39.7 Å². The molecule has 0 aliphatic carbocycles. The van der Waals surface area contributed by atoms with Gasteiger partial charge >= 0.3 is 0 Å². The lowest BCUT2D eigenvalue weighted by atomic mass is 10.2. The molecule has 0 spiro atoms. The molecule has 1 fully saturated rings. The molecule has 0 radical (unpaired) electrons. The Morgan fingerprint density at radius 1 is 1.04 bits per heavy atom. The molecule has 5 heteroatoms. The van der Waals surface area contributed by atoms with Crippen molar-refractivity contribution in [2.45, 2.75) is 6.54 Å². The van der Waals surface area contributed by atoms with Gasteiger partial charge in [0, 0.05) is 51.2 Å². The van der Waals surface area contributed by atoms with Crippen LogP contribution in [0.25, 0.3) is 0 Å². The van der Waals surface area contributed by atoms with Crippen molar-refractivity contribution in [1.29, 1.82) is 0 Å². The molecule has 5 nitrogen and oxygen atoms in total. The normalized spacial score (nSPS) is 15.5. The molecule has 26 heavy (non-hydrogen) atoms. The van der Waals surface area contributed by atoms with Crippen LogP contribution in [0.15, 0.2) is 67.4 Å². The molecule has 0 saturated carbocycles. The highest BCUT2D eigenvalue weighted by Gasteiger charge is 2.22. The van der Waals surface area contributed by atoms with E-state index in [1.54, 1.807) is 11.0 Å². The summed E-state index contributed by atoms with van der Waals surface area (Å²) in [7, 11) is 0. The van der Waals surface area contributed by atoms with Crippen LogP contribution < -0.4 is 4.90 Å². The van der Waals surface area contributed by atoms with Crippen LogP contribution in [-0.4, -0.2) is 60.0 Å². The predicted molar refractivity (Wildman–Crippen MR) is 105 cm³/mol. The lowest BCUT2D eigenvalue weighted by Crippen LogP contribution is -2.50. The summed E-state index contributed by atoms with van der Waals surface area (Å²) in [6.07, 6.45) is 3.61. The summed E-state index contributed by atoms with van der Waals surface area (Å²) in [6, 6.07) is 15.8. The molecular weight excluding hydrogens is 324 g/mol. The second-order valence-corrected chi connectivity index (χ2v) is 6.50. The highest BCUT2D eigenvalue weighted by atomic mass is 16.2. The molecule has 0 unspecified atom stereocenters. The molecule has 1 aliphatic rings. The Morgan fingerprint density at radius 3 is 2.38 bits per heavy atom. The number of benzene rings is 1. The molecule has 136 valence electrons. The first kappa shape index (κ1) is 18.3. The molecule has 1 aromatic carbocycles. The Balaban J connectivity index is 1.51. The fourth-order valence-corrected chi connectivity index (χ4v) is 3.19. The van der Waals surface area contributed by atoms with E-state index in [1.165, 1.54) is 0 Å². The van der Waals surface area contributed by atoms with Crippen LogP contribution in [0.5, 0.6) is 0 Å². The van der Waals surface area contributed by atoms with Gasteiger partial charge < -0.3 is 4.90 Å². The summed E-state index contributed by atoms with van der Waals surface area (Å²) in [4.78, 5) is 23.6. The summed E-state index contributed by atoms with van der Waals surface area (Å²) in [5.74, 6) is 0.120. The largest absolute Gasteiger partial charge is 0.308 e. The van der Waals surface area contributed by atoms with Crippen molar-refractivity contribution in [3.05, 3.63) is 73.1 Å². The number of nitrogens with zero attached hydrogens (tertiary/aromatic N) is 4. The average molecular weight is 350 g/mol. The zero-order valence-electron chi connectivity index (χ0n) is 15.1. The molecule has 2 heterocycles. The Morgan fingerprint density at radius 2 is 1.73 bits per heavy atom. The molecule has 3 rings (SSSR count). The summed E-state index contributed by atoms with van der Waals surface area (Å²) in [6.45, 7) is 9.34. The quantitative estimate of drug-likeness (QED) is 0.719. The molecule has 1 aromatic heterocycles. The standard InChI is InChI=1S/C21H26N4O/c1-2-12-25(20-9-4-3-5-10-20)21(26)18-24-15-13-23(14-16-24)17-19-8-6-7-11-22-19/h2-11H,1,12-18H2. The second kappa shape index (κ2) is 9.27. The number of amides is 1. The molecule has 0 atom stereocenters. The number of hydrogen-bond donors (Lipinski definition) is 0. The van der Waals surface area contributed by atoms with Gasteiger partial charge in [0.1, 0.15) is 0 Å². The van der Waals surface area contributed by atoms with E-state index < -0.39 is 0 Å². The SMILES string of the molecule is C=CCN(C(=O)CN1CCN(Cc2ccccn2)CC1)c1ccccc1. The van der Waals surface area contributed by atoms with E-state index in [-0.39, 0.29) is 5.91 Å². The van der Waals surface area contributed by atoms with Gasteiger partial charge in [-0.15, -0.1) is 6.58 Å². The third-order valence-corrected chi connectivity index (χ3v) is 4.62. The summed E-state index contributed by atoms with van der Waals surface area (Å²) in [5, 5.41) is 0. The van der Waals surface area contributed by atoms with Gasteiger partial charge in [0.15, 0.2) is 0 Å². The van der Waals surface area contributed by atoms with Gasteiger partial charge in [0.2, 0.25) is 5.91 Å². The average Bonchev–Trinajstić information content (AvgIpc) is 2.69. The molecule has 2 aromatic rings. The predicted octanol–water partition coefficient (Wildman–Crippen LogP) is 2.42. The number of carbonyl (C=O) groups is 1. The minimum Gasteiger partial charge on any atom is -0.308 e. The third kappa shape index (κ3) is 5.00. The minimum absolute atomic E-state index is 0.120. The monoisotopic (exact) mass is 350 g/mol. The maximum atomic E-state index is 12.8. The van der Waals surface area contributed by atoms with Crippen LogP contribution in [-0.2, 0) is 11.3 Å². The lowest BCUT2D eigenvalue weighted by molar-refractivity contribution is -0.120. The molecule has 1 amide bonds. The van der Waals surface area contributed by atoms with E-state index >= 15 is 0 Å². The van der Waals surface area contributed by atoms with Crippen molar-refractivity contribution in [2.75, 3.05) is 44.2 Å². The number of rotatable bonds is 7. The van der Waals surface area contributed by atoms with E-state index in [9.17, 15) is 4.79 Å². The third-order valence-electron chi connectivity index (χ3n) is 4.62. The lowest BCUT2D eigenvalue weighted by Gasteiger charge is -2.35. The number of aromatic nitrogens is 1. The molecule has 0 bridgehead atoms. The van der Waals surface area contributed by atoms with Crippen molar-refractivity contribution in [1.82, 2.24) is 14.8 Å². The summed E-state index contributed by atoms with van der Waals surface area (Å²) >= 11 is 0. The number of hydrogen-bond acceptors (Lipinski definition) is 4. The van der Waals surface area contributed by atoms with Crippen LogP contribution >= 0.6 is 0 Å². The highest BCUT2D eigenvalue weighted by Crippen LogP contribution is 2.14. The maximum absolute atomic E-state index is 12.8. The Hall–Kier alpha value is -2.50. The van der Waals surface area contributed by atoms with E-state index in [1.807, 2.05) is 48.7 Å². The van der Waals surface area contributed by atoms with Crippen molar-refractivity contribution < 1.29 is 4.79 Å². The van der Waals surface area contributed by atoms with Crippen molar-refractivity contribution in [3.8, 4) is 0 Å². The van der Waals surface area contributed by atoms with Crippen molar-refractivity contribution >= 4 is 11.6 Å². The Bertz CT molecular complexity index is 696. The fraction of sp³-hybridized carbons (Fsp3) is 0.333. The zero-order chi connectivity index (χ0) is 18.2. The fourth-order valence-electron chi connectivity index (χ4n) is 3.19. The minimum atomic E-state index is 0.120. The van der Waals surface area contributed by atoms with Gasteiger partial charge in [-0.2, -0.15) is 0 Å². The zero-order valence-corrected chi connectivity index (χ0v) is 15.1. The van der Waals surface area contributed by atoms with E-state index in [2.05, 4.69) is 27.4 Å². The molecule has 0 N–H and O–H groups in total. The number of pyridine rings is 1. The number of para-hydroxylation sites is 1. The van der Waals surface area contributed by atoms with Gasteiger partial charge in [-0.3, -0.25) is 19.6 Å². The highest BCUT2D eigenvalue weighted by molar-refractivity contribution is 5.95. The van der Waals surface area contributed by atoms with Gasteiger partial charge in [-0.1, -0.05) is 30.3 Å². The molecule has 1 aliphatic heterocycles. The Kier molecular flexibility index (Phi) is 6.52. The summed E-state index contributed by atoms with van der Waals surface area (Å²) in [5.41, 5.74) is 2.02. The first-order valence-corrected chi connectivity index (χ1v) is 9.07. The maximum Gasteiger partial charge on any atom is 0.241 e. The smallest absolute Gasteiger partial charge is 0.241 e. The van der Waals surface area contributed by atoms with E-state index in [0.717, 1.165) is 44.1 Å². The van der Waals surface area contributed by atoms with E-state index in [4.69, 9.17) is 0 Å². The van der Waals surface area contributed by atoms with Crippen LogP contribution in [0.3, 0.4) is 0 Å². The van der Waals surface area contributed by atoms with Gasteiger partial charge in [-0.05, 0) is 24.3 Å². The van der Waals surface area contributed by atoms with Gasteiger partial charge in [0.25, 0.3) is 0 Å². The first-order chi connectivity index (χ1) is 12.8. The second-order valence-electron chi connectivity index (χ2n) is 6.50. The van der Waals surface area contributed by atoms with Crippen LogP contribution in [0.1, 0.15) is 5.69 Å². The number of carbonyl (C=O) groups excluding carboxylic acids is 1.